The maximum absolute atomic E-state index is 5.03. The van der Waals surface area contributed by atoms with Crippen LogP contribution in [0.15, 0.2) is 115 Å². The predicted octanol–water partition coefficient (Wildman–Crippen LogP) is 8.58. The van der Waals surface area contributed by atoms with Crippen LogP contribution in [0.25, 0.3) is 73.3 Å². The molecule has 3 heterocycles. The summed E-state index contributed by atoms with van der Waals surface area (Å²) in [7, 11) is 0. The fourth-order valence-electron chi connectivity index (χ4n) is 5.61. The fourth-order valence-corrected chi connectivity index (χ4v) is 5.61. The van der Waals surface area contributed by atoms with Crippen LogP contribution in [-0.2, 0) is 0 Å². The second kappa shape index (κ2) is 10.8. The Labute approximate surface area is 251 Å². The summed E-state index contributed by atoms with van der Waals surface area (Å²) in [4.78, 5) is 14.5. The third kappa shape index (κ3) is 5.11. The number of aromatic nitrogens is 3. The summed E-state index contributed by atoms with van der Waals surface area (Å²) >= 11 is 0. The zero-order valence-corrected chi connectivity index (χ0v) is 24.6. The molecule has 0 atom stereocenters. The van der Waals surface area contributed by atoms with Crippen molar-refractivity contribution >= 4 is 50.9 Å². The summed E-state index contributed by atoms with van der Waals surface area (Å²) < 4.78 is 0. The van der Waals surface area contributed by atoms with Crippen molar-refractivity contribution in [2.45, 2.75) is 20.8 Å². The van der Waals surface area contributed by atoms with Crippen LogP contribution < -0.4 is 10.4 Å². The van der Waals surface area contributed by atoms with Crippen LogP contribution in [0.2, 0.25) is 0 Å². The van der Waals surface area contributed by atoms with Crippen LogP contribution in [0.1, 0.15) is 23.9 Å². The first-order valence-electron chi connectivity index (χ1n) is 14.6. The number of rotatable bonds is 4. The van der Waals surface area contributed by atoms with Gasteiger partial charge in [0.1, 0.15) is 0 Å². The maximum atomic E-state index is 5.03. The highest BCUT2D eigenvalue weighted by Crippen LogP contribution is 2.29. The van der Waals surface area contributed by atoms with Crippen molar-refractivity contribution in [2.75, 3.05) is 0 Å². The van der Waals surface area contributed by atoms with E-state index in [9.17, 15) is 0 Å². The highest BCUT2D eigenvalue weighted by Gasteiger charge is 2.08. The van der Waals surface area contributed by atoms with Crippen molar-refractivity contribution < 1.29 is 0 Å². The number of hydrogen-bond acceptors (Lipinski definition) is 3. The molecule has 0 radical (unpaired) electrons. The molecule has 3 heteroatoms. The predicted molar refractivity (Wildman–Crippen MR) is 182 cm³/mol. The Morgan fingerprint density at radius 3 is 1.70 bits per heavy atom. The number of hydrogen-bond donors (Lipinski definition) is 0. The Bertz CT molecular complexity index is 2310. The first-order valence-corrected chi connectivity index (χ1v) is 14.6. The maximum Gasteiger partial charge on any atom is 0.0972 e. The lowest BCUT2D eigenvalue weighted by Gasteiger charge is -2.08. The minimum absolute atomic E-state index is 0.942. The van der Waals surface area contributed by atoms with Gasteiger partial charge in [-0.2, -0.15) is 0 Å². The molecule has 7 aromatic rings. The molecule has 3 nitrogen and oxygen atoms in total. The summed E-state index contributed by atoms with van der Waals surface area (Å²) in [5.74, 6) is 0. The molecule has 0 saturated carbocycles. The number of fused-ring (bicyclic) bond motifs is 4. The number of nitrogens with zero attached hydrogens (tertiary/aromatic N) is 3. The van der Waals surface area contributed by atoms with Crippen LogP contribution in [-0.4, -0.2) is 15.0 Å². The molecule has 0 fully saturated rings. The molecule has 0 aliphatic carbocycles. The van der Waals surface area contributed by atoms with E-state index in [1.807, 2.05) is 26.0 Å². The van der Waals surface area contributed by atoms with Gasteiger partial charge in [-0.05, 0) is 66.5 Å². The Morgan fingerprint density at radius 1 is 0.535 bits per heavy atom. The van der Waals surface area contributed by atoms with Crippen molar-refractivity contribution in [3.05, 3.63) is 143 Å². The molecule has 206 valence electrons. The molecule has 7 rings (SSSR count). The number of benzene rings is 4. The third-order valence-electron chi connectivity index (χ3n) is 8.17. The van der Waals surface area contributed by atoms with E-state index in [4.69, 9.17) is 15.0 Å². The molecule has 0 N–H and O–H groups in total. The second-order valence-corrected chi connectivity index (χ2v) is 11.2. The van der Waals surface area contributed by atoms with Gasteiger partial charge in [0.15, 0.2) is 0 Å². The summed E-state index contributed by atoms with van der Waals surface area (Å²) in [6, 6.07) is 38.4. The van der Waals surface area contributed by atoms with Crippen LogP contribution in [0.4, 0.5) is 0 Å². The molecular formula is C40H31N3. The van der Waals surface area contributed by atoms with E-state index in [0.717, 1.165) is 65.8 Å². The van der Waals surface area contributed by atoms with Gasteiger partial charge in [0, 0.05) is 38.3 Å². The zero-order chi connectivity index (χ0) is 29.5. The Hall–Kier alpha value is -5.41. The topological polar surface area (TPSA) is 38.7 Å². The minimum atomic E-state index is 0.942. The number of aryl methyl sites for hydroxylation is 2. The molecule has 0 bridgehead atoms. The van der Waals surface area contributed by atoms with Gasteiger partial charge >= 0.3 is 0 Å². The van der Waals surface area contributed by atoms with E-state index in [0.29, 0.717) is 0 Å². The third-order valence-corrected chi connectivity index (χ3v) is 8.17. The zero-order valence-electron chi connectivity index (χ0n) is 24.6. The molecule has 4 aromatic carbocycles. The standard InChI is InChI=1S/C40H31N3/c1-25(5-8-30-13-20-34-9-6-26(2)41-38(34)28(30)4)29-11-14-31(15-12-29)32-16-18-33(19-17-32)37-24-23-36-22-21-35-10-7-27(3)42-39(35)40(36)43-37/h5-24H,4H2,1-3H3/b25-5+,30-8-. The van der Waals surface area contributed by atoms with E-state index in [1.54, 1.807) is 0 Å². The van der Waals surface area contributed by atoms with Crippen molar-refractivity contribution in [3.8, 4) is 22.4 Å². The Morgan fingerprint density at radius 2 is 1.02 bits per heavy atom. The minimum Gasteiger partial charge on any atom is -0.253 e. The molecular weight excluding hydrogens is 522 g/mol. The first-order chi connectivity index (χ1) is 20.9. The Kier molecular flexibility index (Phi) is 6.64. The van der Waals surface area contributed by atoms with E-state index in [2.05, 4.69) is 123 Å². The molecule has 0 aliphatic heterocycles. The van der Waals surface area contributed by atoms with Gasteiger partial charge in [-0.1, -0.05) is 110 Å². The van der Waals surface area contributed by atoms with Crippen LogP contribution in [0.3, 0.4) is 0 Å². The fraction of sp³-hybridized carbons (Fsp3) is 0.0750. The summed E-state index contributed by atoms with van der Waals surface area (Å²) in [6.45, 7) is 10.5. The molecule has 0 saturated heterocycles. The Balaban J connectivity index is 1.14. The smallest absolute Gasteiger partial charge is 0.0972 e. The quantitative estimate of drug-likeness (QED) is 0.205. The highest BCUT2D eigenvalue weighted by atomic mass is 14.8. The van der Waals surface area contributed by atoms with Gasteiger partial charge in [0.05, 0.1) is 22.2 Å². The lowest BCUT2D eigenvalue weighted by molar-refractivity contribution is 1.25. The van der Waals surface area contributed by atoms with Gasteiger partial charge < -0.3 is 0 Å². The molecule has 43 heavy (non-hydrogen) atoms. The lowest BCUT2D eigenvalue weighted by Crippen LogP contribution is -2.24. The molecule has 0 amide bonds. The van der Waals surface area contributed by atoms with Gasteiger partial charge in [0.25, 0.3) is 0 Å². The molecule has 0 spiro atoms. The monoisotopic (exact) mass is 553 g/mol. The number of pyridine rings is 3. The molecule has 0 unspecified atom stereocenters. The summed E-state index contributed by atoms with van der Waals surface area (Å²) in [6.07, 6.45) is 4.29. The van der Waals surface area contributed by atoms with Crippen LogP contribution in [0.5, 0.6) is 0 Å². The molecule has 3 aromatic heterocycles. The SMILES string of the molecule is C=c1/c(=C\C=C(/C)c2ccc(-c3ccc(-c4ccc5ccc6ccc(C)nc6c5n4)cc3)cc2)ccc2ccc(C)nc12. The number of allylic oxidation sites excluding steroid dienone is 2. The normalized spacial score (nSPS) is 12.4. The van der Waals surface area contributed by atoms with Crippen LogP contribution >= 0.6 is 0 Å². The van der Waals surface area contributed by atoms with E-state index in [1.165, 1.54) is 22.3 Å². The van der Waals surface area contributed by atoms with Gasteiger partial charge in [0.2, 0.25) is 0 Å². The average molecular weight is 554 g/mol. The largest absolute Gasteiger partial charge is 0.253 e. The average Bonchev–Trinajstić information content (AvgIpc) is 3.04. The lowest BCUT2D eigenvalue weighted by atomic mass is 9.99. The molecule has 0 aliphatic rings. The van der Waals surface area contributed by atoms with Gasteiger partial charge in [-0.25, -0.2) is 4.98 Å². The van der Waals surface area contributed by atoms with Crippen LogP contribution in [0, 0.1) is 13.8 Å². The van der Waals surface area contributed by atoms with Crippen molar-refractivity contribution in [2.24, 2.45) is 0 Å². The van der Waals surface area contributed by atoms with E-state index in [-0.39, 0.29) is 0 Å². The van der Waals surface area contributed by atoms with Gasteiger partial charge in [-0.3, -0.25) is 9.97 Å². The van der Waals surface area contributed by atoms with Crippen molar-refractivity contribution in [1.82, 2.24) is 15.0 Å². The van der Waals surface area contributed by atoms with Gasteiger partial charge in [-0.15, -0.1) is 0 Å². The van der Waals surface area contributed by atoms with E-state index < -0.39 is 0 Å². The van der Waals surface area contributed by atoms with Crippen molar-refractivity contribution in [3.63, 3.8) is 0 Å². The highest BCUT2D eigenvalue weighted by molar-refractivity contribution is 6.03. The van der Waals surface area contributed by atoms with E-state index >= 15 is 0 Å². The summed E-state index contributed by atoms with van der Waals surface area (Å²) in [5, 5.41) is 5.37. The summed E-state index contributed by atoms with van der Waals surface area (Å²) in [5.41, 5.74) is 11.6. The second-order valence-electron chi connectivity index (χ2n) is 11.2. The van der Waals surface area contributed by atoms with Crippen molar-refractivity contribution in [1.29, 1.82) is 0 Å². The first kappa shape index (κ1) is 26.5.